The molecule has 4 rings (SSSR count). The molecule has 2 saturated heterocycles. The van der Waals surface area contributed by atoms with Gasteiger partial charge in [0.1, 0.15) is 26.2 Å². The molecule has 3 N–H and O–H groups in total. The summed E-state index contributed by atoms with van der Waals surface area (Å²) in [5.74, 6) is 0. The van der Waals surface area contributed by atoms with E-state index in [9.17, 15) is 0 Å². The van der Waals surface area contributed by atoms with Crippen molar-refractivity contribution in [1.82, 2.24) is 0 Å². The molecular weight excluding hydrogens is 354 g/mol. The molecule has 2 aromatic carbocycles. The van der Waals surface area contributed by atoms with Gasteiger partial charge < -0.3 is 14.7 Å². The lowest BCUT2D eigenvalue weighted by atomic mass is 10.0. The Kier molecular flexibility index (Phi) is 7.52. The Bertz CT molecular complexity index is 727. The van der Waals surface area contributed by atoms with Crippen molar-refractivity contribution in [2.24, 2.45) is 0 Å². The number of likely N-dealkylation sites (tertiary alicyclic amines) is 1. The average molecular weight is 393 g/mol. The van der Waals surface area contributed by atoms with Crippen molar-refractivity contribution in [2.45, 2.75) is 25.3 Å². The lowest BCUT2D eigenvalue weighted by Crippen LogP contribution is -3.30. The highest BCUT2D eigenvalue weighted by molar-refractivity contribution is 5.48. The molecule has 154 valence electrons. The maximum atomic E-state index is 2.37. The van der Waals surface area contributed by atoms with E-state index in [-0.39, 0.29) is 0 Å². The number of quaternary nitrogens is 3. The Hall–Kier alpha value is -1.94. The minimum Gasteiger partial charge on any atom is -0.334 e. The minimum absolute atomic E-state index is 0.914. The average Bonchev–Trinajstić information content (AvgIpc) is 2.80. The van der Waals surface area contributed by atoms with Crippen LogP contribution in [0.5, 0.6) is 0 Å². The SMILES string of the molecule is C(=C\c1ccccc1)/C[NH+]1CC[NH+](C2CC[NH+](CCc3ccccc3)CC2)CC1. The van der Waals surface area contributed by atoms with Crippen molar-refractivity contribution in [1.29, 1.82) is 0 Å². The predicted octanol–water partition coefficient (Wildman–Crippen LogP) is -0.227. The molecule has 3 nitrogen and oxygen atoms in total. The fourth-order valence-electron chi connectivity index (χ4n) is 5.11. The number of piperazine rings is 1. The third kappa shape index (κ3) is 6.27. The number of piperidine rings is 1. The first-order chi connectivity index (χ1) is 14.4. The minimum atomic E-state index is 0.914. The molecule has 0 atom stereocenters. The lowest BCUT2D eigenvalue weighted by Gasteiger charge is -2.37. The van der Waals surface area contributed by atoms with Crippen LogP contribution >= 0.6 is 0 Å². The van der Waals surface area contributed by atoms with Gasteiger partial charge in [-0.3, -0.25) is 0 Å². The predicted molar refractivity (Wildman–Crippen MR) is 120 cm³/mol. The Morgan fingerprint density at radius 1 is 0.724 bits per heavy atom. The van der Waals surface area contributed by atoms with Crippen LogP contribution in [-0.4, -0.2) is 58.4 Å². The number of rotatable bonds is 7. The van der Waals surface area contributed by atoms with Crippen molar-refractivity contribution in [2.75, 3.05) is 52.4 Å². The molecule has 0 spiro atoms. The Labute approximate surface area is 176 Å². The van der Waals surface area contributed by atoms with Crippen molar-refractivity contribution in [3.8, 4) is 0 Å². The third-order valence-corrected chi connectivity index (χ3v) is 7.00. The standard InChI is InChI=1S/C26H35N3/c1-3-8-24(9-4-1)12-7-16-27-20-22-29(23-21-27)26-14-18-28(19-15-26)17-13-25-10-5-2-6-11-25/h1-12,26H,13-23H2/p+3/b12-7+. The van der Waals surface area contributed by atoms with Crippen molar-refractivity contribution in [3.05, 3.63) is 77.9 Å². The molecule has 2 fully saturated rings. The smallest absolute Gasteiger partial charge is 0.127 e. The second-order valence-electron chi connectivity index (χ2n) is 8.94. The Morgan fingerprint density at radius 3 is 2.07 bits per heavy atom. The maximum absolute atomic E-state index is 2.37. The number of nitrogens with one attached hydrogen (secondary N) is 3. The monoisotopic (exact) mass is 392 g/mol. The Balaban J connectivity index is 1.13. The number of benzene rings is 2. The summed E-state index contributed by atoms with van der Waals surface area (Å²) >= 11 is 0. The molecule has 0 radical (unpaired) electrons. The largest absolute Gasteiger partial charge is 0.334 e. The molecule has 0 saturated carbocycles. The fraction of sp³-hybridized carbons (Fsp3) is 0.462. The molecule has 2 aliphatic heterocycles. The normalized spacial score (nSPS) is 27.9. The molecule has 2 aliphatic rings. The third-order valence-electron chi connectivity index (χ3n) is 7.00. The van der Waals surface area contributed by atoms with Crippen molar-refractivity contribution in [3.63, 3.8) is 0 Å². The first-order valence-electron chi connectivity index (χ1n) is 11.6. The van der Waals surface area contributed by atoms with Crippen LogP contribution < -0.4 is 14.7 Å². The van der Waals surface area contributed by atoms with E-state index < -0.39 is 0 Å². The first-order valence-corrected chi connectivity index (χ1v) is 11.6. The summed E-state index contributed by atoms with van der Waals surface area (Å²) in [7, 11) is 0. The van der Waals surface area contributed by atoms with Gasteiger partial charge >= 0.3 is 0 Å². The molecule has 0 aliphatic carbocycles. The highest BCUT2D eigenvalue weighted by Crippen LogP contribution is 2.00. The van der Waals surface area contributed by atoms with Crippen molar-refractivity contribution < 1.29 is 14.7 Å². The Morgan fingerprint density at radius 2 is 1.38 bits per heavy atom. The highest BCUT2D eigenvalue weighted by Gasteiger charge is 2.33. The molecule has 2 heterocycles. The van der Waals surface area contributed by atoms with Gasteiger partial charge in [-0.05, 0) is 17.2 Å². The lowest BCUT2D eigenvalue weighted by molar-refractivity contribution is -1.03. The molecule has 2 aromatic rings. The van der Waals surface area contributed by atoms with Gasteiger partial charge in [0.25, 0.3) is 0 Å². The van der Waals surface area contributed by atoms with E-state index in [4.69, 9.17) is 0 Å². The van der Waals surface area contributed by atoms with Gasteiger partial charge in [0.05, 0.1) is 32.2 Å². The van der Waals surface area contributed by atoms with Crippen LogP contribution in [0, 0.1) is 0 Å². The number of hydrogen-bond donors (Lipinski definition) is 3. The zero-order chi connectivity index (χ0) is 19.7. The second-order valence-corrected chi connectivity index (χ2v) is 8.94. The zero-order valence-electron chi connectivity index (χ0n) is 17.8. The van der Waals surface area contributed by atoms with Gasteiger partial charge in [0.15, 0.2) is 0 Å². The van der Waals surface area contributed by atoms with Gasteiger partial charge in [-0.1, -0.05) is 66.7 Å². The summed E-state index contributed by atoms with van der Waals surface area (Å²) < 4.78 is 0. The second kappa shape index (κ2) is 10.7. The zero-order valence-corrected chi connectivity index (χ0v) is 17.8. The molecule has 0 amide bonds. The van der Waals surface area contributed by atoms with Crippen LogP contribution in [-0.2, 0) is 6.42 Å². The summed E-state index contributed by atoms with van der Waals surface area (Å²) in [5.41, 5.74) is 2.81. The molecule has 29 heavy (non-hydrogen) atoms. The van der Waals surface area contributed by atoms with Crippen LogP contribution in [0.25, 0.3) is 6.08 Å². The summed E-state index contributed by atoms with van der Waals surface area (Å²) in [6.07, 6.45) is 8.71. The van der Waals surface area contributed by atoms with Crippen LogP contribution in [0.2, 0.25) is 0 Å². The van der Waals surface area contributed by atoms with E-state index in [0.717, 1.165) is 6.04 Å². The summed E-state index contributed by atoms with van der Waals surface area (Å²) in [6, 6.07) is 22.6. The molecular formula is C26H38N3+3. The van der Waals surface area contributed by atoms with Gasteiger partial charge in [-0.2, -0.15) is 0 Å². The molecule has 0 bridgehead atoms. The van der Waals surface area contributed by atoms with E-state index in [0.29, 0.717) is 0 Å². The summed E-state index contributed by atoms with van der Waals surface area (Å²) in [6.45, 7) is 10.6. The first kappa shape index (κ1) is 20.3. The van der Waals surface area contributed by atoms with Crippen LogP contribution in [0.3, 0.4) is 0 Å². The van der Waals surface area contributed by atoms with E-state index in [1.807, 2.05) is 9.80 Å². The molecule has 3 heteroatoms. The van der Waals surface area contributed by atoms with Gasteiger partial charge in [0, 0.05) is 19.3 Å². The molecule has 0 aromatic heterocycles. The maximum Gasteiger partial charge on any atom is 0.127 e. The van der Waals surface area contributed by atoms with Gasteiger partial charge in [-0.15, -0.1) is 0 Å². The van der Waals surface area contributed by atoms with Crippen LogP contribution in [0.4, 0.5) is 0 Å². The quantitative estimate of drug-likeness (QED) is 0.577. The topological polar surface area (TPSA) is 13.3 Å². The van der Waals surface area contributed by atoms with E-state index in [1.54, 1.807) is 4.90 Å². The molecule has 0 unspecified atom stereocenters. The van der Waals surface area contributed by atoms with Gasteiger partial charge in [-0.25, -0.2) is 0 Å². The summed E-state index contributed by atoms with van der Waals surface area (Å²) in [5, 5.41) is 0. The summed E-state index contributed by atoms with van der Waals surface area (Å²) in [4.78, 5) is 5.47. The van der Waals surface area contributed by atoms with Crippen LogP contribution in [0.1, 0.15) is 24.0 Å². The van der Waals surface area contributed by atoms with E-state index in [1.165, 1.54) is 82.7 Å². The fourth-order valence-corrected chi connectivity index (χ4v) is 5.11. The number of hydrogen-bond acceptors (Lipinski definition) is 0. The van der Waals surface area contributed by atoms with E-state index in [2.05, 4.69) is 72.8 Å². The van der Waals surface area contributed by atoms with Crippen molar-refractivity contribution >= 4 is 6.08 Å². The van der Waals surface area contributed by atoms with E-state index >= 15 is 0 Å². The highest BCUT2D eigenvalue weighted by atomic mass is 15.3. The van der Waals surface area contributed by atoms with Gasteiger partial charge in [0.2, 0.25) is 0 Å². The van der Waals surface area contributed by atoms with Crippen LogP contribution in [0.15, 0.2) is 66.7 Å².